The molecule has 0 aliphatic heterocycles. The maximum absolute atomic E-state index is 12.9. The molecule has 0 spiro atoms. The number of hydrogen-bond acceptors (Lipinski definition) is 3. The summed E-state index contributed by atoms with van der Waals surface area (Å²) in [5.74, 6) is 0.962. The van der Waals surface area contributed by atoms with Crippen molar-refractivity contribution in [2.75, 3.05) is 6.61 Å². The Morgan fingerprint density at radius 2 is 1.97 bits per heavy atom. The number of rotatable bonds is 8. The maximum atomic E-state index is 12.9. The van der Waals surface area contributed by atoms with E-state index < -0.39 is 0 Å². The Balaban J connectivity index is 1.97. The SMILES string of the molecule is CCCCOc1cccc(C(=O)N=c2sc3cc(C(C)C)ccc3n2CCC)c1. The molecule has 0 radical (unpaired) electrons. The predicted molar refractivity (Wildman–Crippen MR) is 121 cm³/mol. The van der Waals surface area contributed by atoms with Gasteiger partial charge in [-0.3, -0.25) is 4.79 Å². The van der Waals surface area contributed by atoms with Gasteiger partial charge in [-0.25, -0.2) is 0 Å². The molecule has 29 heavy (non-hydrogen) atoms. The molecule has 1 heterocycles. The fourth-order valence-electron chi connectivity index (χ4n) is 3.18. The number of hydrogen-bond donors (Lipinski definition) is 0. The van der Waals surface area contributed by atoms with Gasteiger partial charge in [0.15, 0.2) is 4.80 Å². The van der Waals surface area contributed by atoms with Crippen LogP contribution in [0, 0.1) is 0 Å². The molecular weight excluding hydrogens is 380 g/mol. The number of unbranched alkanes of at least 4 members (excludes halogenated alkanes) is 1. The van der Waals surface area contributed by atoms with Crippen LogP contribution in [0.25, 0.3) is 10.2 Å². The third-order valence-electron chi connectivity index (χ3n) is 4.87. The lowest BCUT2D eigenvalue weighted by atomic mass is 10.0. The molecule has 0 fully saturated rings. The molecule has 0 atom stereocenters. The van der Waals surface area contributed by atoms with E-state index in [9.17, 15) is 4.79 Å². The van der Waals surface area contributed by atoms with E-state index in [2.05, 4.69) is 55.5 Å². The Hall–Kier alpha value is -2.40. The van der Waals surface area contributed by atoms with Crippen molar-refractivity contribution < 1.29 is 9.53 Å². The zero-order valence-corrected chi connectivity index (χ0v) is 18.6. The number of amides is 1. The van der Waals surface area contributed by atoms with Gasteiger partial charge in [0.25, 0.3) is 5.91 Å². The number of fused-ring (bicyclic) bond motifs is 1. The smallest absolute Gasteiger partial charge is 0.279 e. The fraction of sp³-hybridized carbons (Fsp3) is 0.417. The summed E-state index contributed by atoms with van der Waals surface area (Å²) < 4.78 is 9.07. The largest absolute Gasteiger partial charge is 0.494 e. The number of ether oxygens (including phenoxy) is 1. The first kappa shape index (κ1) is 21.3. The second-order valence-corrected chi connectivity index (χ2v) is 8.57. The first-order valence-electron chi connectivity index (χ1n) is 10.5. The van der Waals surface area contributed by atoms with E-state index in [-0.39, 0.29) is 5.91 Å². The van der Waals surface area contributed by atoms with E-state index in [0.29, 0.717) is 18.1 Å². The highest BCUT2D eigenvalue weighted by Gasteiger charge is 2.11. The Labute approximate surface area is 176 Å². The Kier molecular flexibility index (Phi) is 7.26. The summed E-state index contributed by atoms with van der Waals surface area (Å²) >= 11 is 1.58. The second kappa shape index (κ2) is 9.88. The lowest BCUT2D eigenvalue weighted by Crippen LogP contribution is -2.16. The van der Waals surface area contributed by atoms with Crippen molar-refractivity contribution in [1.29, 1.82) is 0 Å². The van der Waals surface area contributed by atoms with Gasteiger partial charge < -0.3 is 9.30 Å². The minimum Gasteiger partial charge on any atom is -0.494 e. The topological polar surface area (TPSA) is 43.6 Å². The summed E-state index contributed by atoms with van der Waals surface area (Å²) in [5, 5.41) is 0. The van der Waals surface area contributed by atoms with Crippen LogP contribution in [0.5, 0.6) is 5.75 Å². The van der Waals surface area contributed by atoms with Crippen LogP contribution >= 0.6 is 11.3 Å². The van der Waals surface area contributed by atoms with Crippen molar-refractivity contribution in [2.45, 2.75) is 59.4 Å². The van der Waals surface area contributed by atoms with Gasteiger partial charge in [0.2, 0.25) is 0 Å². The summed E-state index contributed by atoms with van der Waals surface area (Å²) in [6, 6.07) is 13.9. The van der Waals surface area contributed by atoms with Gasteiger partial charge >= 0.3 is 0 Å². The van der Waals surface area contributed by atoms with Crippen molar-refractivity contribution in [1.82, 2.24) is 4.57 Å². The summed E-state index contributed by atoms with van der Waals surface area (Å²) in [4.78, 5) is 18.1. The van der Waals surface area contributed by atoms with Crippen LogP contribution in [0.15, 0.2) is 47.5 Å². The van der Waals surface area contributed by atoms with Gasteiger partial charge in [-0.2, -0.15) is 4.99 Å². The van der Waals surface area contributed by atoms with E-state index in [0.717, 1.165) is 41.9 Å². The second-order valence-electron chi connectivity index (χ2n) is 7.56. The lowest BCUT2D eigenvalue weighted by Gasteiger charge is -2.07. The molecule has 0 unspecified atom stereocenters. The molecule has 0 aliphatic rings. The van der Waals surface area contributed by atoms with Crippen LogP contribution in [0.4, 0.5) is 0 Å². The van der Waals surface area contributed by atoms with Crippen LogP contribution in [-0.2, 0) is 6.54 Å². The average molecular weight is 411 g/mol. The Morgan fingerprint density at radius 3 is 2.69 bits per heavy atom. The average Bonchev–Trinajstić information content (AvgIpc) is 3.05. The van der Waals surface area contributed by atoms with Gasteiger partial charge in [-0.1, -0.05) is 57.6 Å². The molecule has 0 bridgehead atoms. The number of thiazole rings is 1. The number of aryl methyl sites for hydroxylation is 1. The van der Waals surface area contributed by atoms with Crippen molar-refractivity contribution >= 4 is 27.5 Å². The quantitative estimate of drug-likeness (QED) is 0.418. The molecule has 1 amide bonds. The van der Waals surface area contributed by atoms with Crippen LogP contribution < -0.4 is 9.54 Å². The number of carbonyl (C=O) groups is 1. The Morgan fingerprint density at radius 1 is 1.14 bits per heavy atom. The number of benzene rings is 2. The highest BCUT2D eigenvalue weighted by molar-refractivity contribution is 7.16. The normalized spacial score (nSPS) is 12.1. The van der Waals surface area contributed by atoms with Gasteiger partial charge in [0.05, 0.1) is 16.8 Å². The molecule has 0 saturated carbocycles. The molecule has 3 rings (SSSR count). The third-order valence-corrected chi connectivity index (χ3v) is 5.91. The molecule has 0 aliphatic carbocycles. The van der Waals surface area contributed by atoms with E-state index in [1.165, 1.54) is 10.3 Å². The molecular formula is C24H30N2O2S. The zero-order valence-electron chi connectivity index (χ0n) is 17.8. The van der Waals surface area contributed by atoms with Crippen LogP contribution in [-0.4, -0.2) is 17.1 Å². The molecule has 0 N–H and O–H groups in total. The lowest BCUT2D eigenvalue weighted by molar-refractivity contribution is 0.0997. The standard InChI is InChI=1S/C24H30N2O2S/c1-5-7-14-28-20-10-8-9-19(15-20)23(27)25-24-26(13-6-2)21-12-11-18(17(3)4)16-22(21)29-24/h8-12,15-17H,5-7,13-14H2,1-4H3. The zero-order chi connectivity index (χ0) is 20.8. The van der Waals surface area contributed by atoms with Gasteiger partial charge in [-0.15, -0.1) is 0 Å². The molecule has 5 heteroatoms. The summed E-state index contributed by atoms with van der Waals surface area (Å²) in [6.45, 7) is 10.2. The molecule has 1 aromatic heterocycles. The van der Waals surface area contributed by atoms with Crippen molar-refractivity contribution in [3.63, 3.8) is 0 Å². The van der Waals surface area contributed by atoms with Gasteiger partial charge in [-0.05, 0) is 54.7 Å². The van der Waals surface area contributed by atoms with Crippen molar-refractivity contribution in [3.05, 3.63) is 58.4 Å². The summed E-state index contributed by atoms with van der Waals surface area (Å²) in [7, 11) is 0. The first-order valence-corrected chi connectivity index (χ1v) is 11.3. The number of nitrogens with zero attached hydrogens (tertiary/aromatic N) is 2. The monoisotopic (exact) mass is 410 g/mol. The first-order chi connectivity index (χ1) is 14.0. The van der Waals surface area contributed by atoms with E-state index in [4.69, 9.17) is 4.74 Å². The predicted octanol–water partition coefficient (Wildman–Crippen LogP) is 6.16. The molecule has 4 nitrogen and oxygen atoms in total. The molecule has 2 aromatic carbocycles. The van der Waals surface area contributed by atoms with E-state index >= 15 is 0 Å². The number of carbonyl (C=O) groups excluding carboxylic acids is 1. The number of aromatic nitrogens is 1. The third kappa shape index (κ3) is 5.15. The maximum Gasteiger partial charge on any atom is 0.279 e. The van der Waals surface area contributed by atoms with Crippen LogP contribution in [0.3, 0.4) is 0 Å². The summed E-state index contributed by atoms with van der Waals surface area (Å²) in [6.07, 6.45) is 3.06. The van der Waals surface area contributed by atoms with Gasteiger partial charge in [0, 0.05) is 12.1 Å². The van der Waals surface area contributed by atoms with Crippen LogP contribution in [0.1, 0.15) is 68.8 Å². The highest BCUT2D eigenvalue weighted by atomic mass is 32.1. The minimum absolute atomic E-state index is 0.230. The Bertz CT molecular complexity index is 1050. The molecule has 0 saturated heterocycles. The highest BCUT2D eigenvalue weighted by Crippen LogP contribution is 2.24. The minimum atomic E-state index is -0.230. The fourth-order valence-corrected chi connectivity index (χ4v) is 4.28. The van der Waals surface area contributed by atoms with Crippen molar-refractivity contribution in [3.8, 4) is 5.75 Å². The summed E-state index contributed by atoms with van der Waals surface area (Å²) in [5.41, 5.74) is 3.00. The van der Waals surface area contributed by atoms with Gasteiger partial charge in [0.1, 0.15) is 5.75 Å². The van der Waals surface area contributed by atoms with E-state index in [1.54, 1.807) is 23.5 Å². The van der Waals surface area contributed by atoms with Crippen molar-refractivity contribution in [2.24, 2.45) is 4.99 Å². The van der Waals surface area contributed by atoms with Crippen LogP contribution in [0.2, 0.25) is 0 Å². The van der Waals surface area contributed by atoms with E-state index in [1.807, 2.05) is 12.1 Å². The molecule has 154 valence electrons. The molecule has 3 aromatic rings.